The second kappa shape index (κ2) is 6.37. The van der Waals surface area contributed by atoms with Gasteiger partial charge in [0.05, 0.1) is 0 Å². The van der Waals surface area contributed by atoms with Crippen molar-refractivity contribution in [1.82, 2.24) is 4.98 Å². The molecule has 1 aliphatic rings. The molecule has 3 N–H and O–H groups in total. The maximum absolute atomic E-state index is 5.91. The summed E-state index contributed by atoms with van der Waals surface area (Å²) in [6, 6.07) is 9.06. The van der Waals surface area contributed by atoms with Gasteiger partial charge in [0, 0.05) is 28.9 Å². The number of thiazole rings is 1. The van der Waals surface area contributed by atoms with Crippen LogP contribution < -0.4 is 11.1 Å². The Hall–Kier alpha value is -1.39. The summed E-state index contributed by atoms with van der Waals surface area (Å²) in [5.41, 5.74) is 8.27. The Morgan fingerprint density at radius 2 is 2.20 bits per heavy atom. The van der Waals surface area contributed by atoms with Gasteiger partial charge in [0.15, 0.2) is 0 Å². The highest BCUT2D eigenvalue weighted by Crippen LogP contribution is 2.29. The van der Waals surface area contributed by atoms with E-state index in [1.165, 1.54) is 36.9 Å². The van der Waals surface area contributed by atoms with Crippen LogP contribution in [-0.2, 0) is 0 Å². The van der Waals surface area contributed by atoms with Gasteiger partial charge in [0.2, 0.25) is 0 Å². The lowest BCUT2D eigenvalue weighted by atomic mass is 9.84. The van der Waals surface area contributed by atoms with E-state index < -0.39 is 0 Å². The molecule has 0 bridgehead atoms. The molecule has 2 aromatic rings. The molecule has 0 spiro atoms. The van der Waals surface area contributed by atoms with Gasteiger partial charge in [0.1, 0.15) is 5.01 Å². The highest BCUT2D eigenvalue weighted by Gasteiger charge is 2.23. The second-order valence-electron chi connectivity index (χ2n) is 5.45. The fourth-order valence-corrected chi connectivity index (χ4v) is 3.64. The molecule has 0 aliphatic heterocycles. The minimum atomic E-state index is 0.514. The molecule has 0 saturated heterocycles. The van der Waals surface area contributed by atoms with Crippen molar-refractivity contribution in [1.29, 1.82) is 0 Å². The number of benzene rings is 1. The zero-order chi connectivity index (χ0) is 13.8. The molecule has 4 heteroatoms. The van der Waals surface area contributed by atoms with Crippen LogP contribution in [0.15, 0.2) is 35.8 Å². The first-order valence-electron chi connectivity index (χ1n) is 7.33. The van der Waals surface area contributed by atoms with Crippen molar-refractivity contribution < 1.29 is 0 Å². The fourth-order valence-electron chi connectivity index (χ4n) is 3.00. The number of hydrogen-bond acceptors (Lipinski definition) is 4. The minimum Gasteiger partial charge on any atom is -0.382 e. The van der Waals surface area contributed by atoms with Gasteiger partial charge < -0.3 is 11.1 Å². The van der Waals surface area contributed by atoms with Gasteiger partial charge in [-0.25, -0.2) is 4.98 Å². The lowest BCUT2D eigenvalue weighted by Crippen LogP contribution is -2.36. The largest absolute Gasteiger partial charge is 0.382 e. The Kier molecular flexibility index (Phi) is 4.33. The van der Waals surface area contributed by atoms with Gasteiger partial charge in [-0.05, 0) is 37.4 Å². The predicted octanol–water partition coefficient (Wildman–Crippen LogP) is 3.74. The highest BCUT2D eigenvalue weighted by atomic mass is 32.1. The first kappa shape index (κ1) is 13.6. The smallest absolute Gasteiger partial charge is 0.123 e. The summed E-state index contributed by atoms with van der Waals surface area (Å²) < 4.78 is 0. The van der Waals surface area contributed by atoms with Crippen LogP contribution in [0.25, 0.3) is 10.6 Å². The quantitative estimate of drug-likeness (QED) is 0.900. The molecule has 1 fully saturated rings. The molecular weight excluding hydrogens is 266 g/mol. The van der Waals surface area contributed by atoms with Gasteiger partial charge in [-0.2, -0.15) is 0 Å². The number of rotatable bonds is 4. The van der Waals surface area contributed by atoms with Crippen LogP contribution in [0.5, 0.6) is 0 Å². The van der Waals surface area contributed by atoms with Crippen molar-refractivity contribution in [3.05, 3.63) is 35.8 Å². The molecule has 1 saturated carbocycles. The van der Waals surface area contributed by atoms with Crippen molar-refractivity contribution in [2.45, 2.75) is 31.7 Å². The Morgan fingerprint density at radius 3 is 3.00 bits per heavy atom. The van der Waals surface area contributed by atoms with E-state index in [0.29, 0.717) is 12.0 Å². The Morgan fingerprint density at radius 1 is 1.30 bits per heavy atom. The van der Waals surface area contributed by atoms with Gasteiger partial charge in [-0.15, -0.1) is 11.3 Å². The number of anilines is 1. The normalized spacial score (nSPS) is 22.6. The fraction of sp³-hybridized carbons (Fsp3) is 0.438. The van der Waals surface area contributed by atoms with E-state index in [0.717, 1.165) is 11.6 Å². The van der Waals surface area contributed by atoms with E-state index in [9.17, 15) is 0 Å². The molecule has 1 aliphatic carbocycles. The maximum Gasteiger partial charge on any atom is 0.123 e. The molecule has 2 atom stereocenters. The summed E-state index contributed by atoms with van der Waals surface area (Å²) in [7, 11) is 0. The first-order valence-corrected chi connectivity index (χ1v) is 8.21. The van der Waals surface area contributed by atoms with Crippen molar-refractivity contribution in [3.8, 4) is 10.6 Å². The van der Waals surface area contributed by atoms with E-state index >= 15 is 0 Å². The number of nitrogens with one attached hydrogen (secondary N) is 1. The van der Waals surface area contributed by atoms with E-state index in [2.05, 4.69) is 34.6 Å². The number of hydrogen-bond donors (Lipinski definition) is 2. The highest BCUT2D eigenvalue weighted by molar-refractivity contribution is 7.13. The van der Waals surface area contributed by atoms with Crippen molar-refractivity contribution in [2.24, 2.45) is 11.7 Å². The number of nitrogens with zero attached hydrogens (tertiary/aromatic N) is 1. The topological polar surface area (TPSA) is 50.9 Å². The Bertz CT molecular complexity index is 538. The van der Waals surface area contributed by atoms with Crippen LogP contribution in [0.4, 0.5) is 5.69 Å². The molecular formula is C16H21N3S. The average molecular weight is 287 g/mol. The number of nitrogens with two attached hydrogens (primary N) is 1. The minimum absolute atomic E-state index is 0.514. The summed E-state index contributed by atoms with van der Waals surface area (Å²) in [4.78, 5) is 4.38. The molecule has 3 nitrogen and oxygen atoms in total. The maximum atomic E-state index is 5.91. The summed E-state index contributed by atoms with van der Waals surface area (Å²) >= 11 is 1.68. The zero-order valence-electron chi connectivity index (χ0n) is 11.6. The molecule has 0 amide bonds. The van der Waals surface area contributed by atoms with Gasteiger partial charge in [-0.1, -0.05) is 25.0 Å². The zero-order valence-corrected chi connectivity index (χ0v) is 12.4. The lowest BCUT2D eigenvalue weighted by Gasteiger charge is -2.32. The summed E-state index contributed by atoms with van der Waals surface area (Å²) in [5, 5.41) is 6.77. The molecule has 2 unspecified atom stereocenters. The third-order valence-electron chi connectivity index (χ3n) is 4.11. The van der Waals surface area contributed by atoms with Gasteiger partial charge in [0.25, 0.3) is 0 Å². The Balaban J connectivity index is 1.75. The predicted molar refractivity (Wildman–Crippen MR) is 86.0 cm³/mol. The number of aromatic nitrogens is 1. The van der Waals surface area contributed by atoms with E-state index in [1.54, 1.807) is 11.3 Å². The standard InChI is InChI=1S/C16H21N3S/c17-11-13-4-1-2-7-15(13)19-14-6-3-5-12(10-14)16-18-8-9-20-16/h3,5-6,8-10,13,15,19H,1-2,4,7,11,17H2. The summed E-state index contributed by atoms with van der Waals surface area (Å²) in [6.07, 6.45) is 6.95. The van der Waals surface area contributed by atoms with Crippen molar-refractivity contribution in [3.63, 3.8) is 0 Å². The van der Waals surface area contributed by atoms with Crippen LogP contribution >= 0.6 is 11.3 Å². The van der Waals surface area contributed by atoms with E-state index in [-0.39, 0.29) is 0 Å². The third-order valence-corrected chi connectivity index (χ3v) is 4.93. The van der Waals surface area contributed by atoms with Gasteiger partial charge >= 0.3 is 0 Å². The third kappa shape index (κ3) is 3.02. The average Bonchev–Trinajstić information content (AvgIpc) is 3.02. The Labute approximate surface area is 124 Å². The molecule has 3 rings (SSSR count). The molecule has 1 heterocycles. The molecule has 106 valence electrons. The monoisotopic (exact) mass is 287 g/mol. The van der Waals surface area contributed by atoms with Crippen LogP contribution in [0.2, 0.25) is 0 Å². The summed E-state index contributed by atoms with van der Waals surface area (Å²) in [6.45, 7) is 0.782. The van der Waals surface area contributed by atoms with Crippen molar-refractivity contribution in [2.75, 3.05) is 11.9 Å². The van der Waals surface area contributed by atoms with Crippen LogP contribution in [-0.4, -0.2) is 17.6 Å². The second-order valence-corrected chi connectivity index (χ2v) is 6.34. The van der Waals surface area contributed by atoms with E-state index in [1.807, 2.05) is 11.6 Å². The molecule has 1 aromatic heterocycles. The van der Waals surface area contributed by atoms with Crippen LogP contribution in [0.1, 0.15) is 25.7 Å². The molecule has 20 heavy (non-hydrogen) atoms. The lowest BCUT2D eigenvalue weighted by molar-refractivity contribution is 0.332. The van der Waals surface area contributed by atoms with Crippen molar-refractivity contribution >= 4 is 17.0 Å². The van der Waals surface area contributed by atoms with Gasteiger partial charge in [-0.3, -0.25) is 0 Å². The summed E-state index contributed by atoms with van der Waals surface area (Å²) in [5.74, 6) is 0.604. The SMILES string of the molecule is NCC1CCCCC1Nc1cccc(-c2nccs2)c1. The molecule has 1 aromatic carbocycles. The van der Waals surface area contributed by atoms with E-state index in [4.69, 9.17) is 5.73 Å². The first-order chi connectivity index (χ1) is 9.86. The molecule has 0 radical (unpaired) electrons. The van der Waals surface area contributed by atoms with Crippen LogP contribution in [0.3, 0.4) is 0 Å². The van der Waals surface area contributed by atoms with Crippen LogP contribution in [0, 0.1) is 5.92 Å².